The lowest BCUT2D eigenvalue weighted by Crippen LogP contribution is -2.46. The van der Waals surface area contributed by atoms with E-state index in [4.69, 9.17) is 4.74 Å². The van der Waals surface area contributed by atoms with Gasteiger partial charge in [-0.3, -0.25) is 4.79 Å². The predicted molar refractivity (Wildman–Crippen MR) is 69.8 cm³/mol. The number of ether oxygens (including phenoxy) is 1. The molecule has 0 bridgehead atoms. The Balaban J connectivity index is 2.48. The average Bonchev–Trinajstić information content (AvgIpc) is 2.26. The van der Waals surface area contributed by atoms with Crippen LogP contribution < -0.4 is 5.32 Å². The highest BCUT2D eigenvalue weighted by molar-refractivity contribution is 5.77. The summed E-state index contributed by atoms with van der Waals surface area (Å²) < 4.78 is 5.15. The maximum absolute atomic E-state index is 11.7. The summed E-state index contributed by atoms with van der Waals surface area (Å²) in [7, 11) is 0. The Morgan fingerprint density at radius 2 is 2.12 bits per heavy atom. The quantitative estimate of drug-likeness (QED) is 0.803. The number of hydrogen-bond donors (Lipinski definition) is 1. The molecular formula is C14H27NO2. The third kappa shape index (κ3) is 4.66. The van der Waals surface area contributed by atoms with Gasteiger partial charge >= 0.3 is 0 Å². The summed E-state index contributed by atoms with van der Waals surface area (Å²) in [4.78, 5) is 11.7. The smallest absolute Gasteiger partial charge is 0.246 e. The van der Waals surface area contributed by atoms with Crippen molar-refractivity contribution in [3.63, 3.8) is 0 Å². The molecular weight excluding hydrogens is 214 g/mol. The molecule has 0 heterocycles. The van der Waals surface area contributed by atoms with Gasteiger partial charge in [-0.2, -0.15) is 0 Å². The van der Waals surface area contributed by atoms with Crippen LogP contribution >= 0.6 is 0 Å². The van der Waals surface area contributed by atoms with Crippen molar-refractivity contribution < 1.29 is 9.53 Å². The lowest BCUT2D eigenvalue weighted by molar-refractivity contribution is -0.127. The van der Waals surface area contributed by atoms with Gasteiger partial charge in [-0.05, 0) is 37.5 Å². The van der Waals surface area contributed by atoms with Crippen LogP contribution in [-0.2, 0) is 9.53 Å². The van der Waals surface area contributed by atoms with Crippen molar-refractivity contribution in [3.05, 3.63) is 0 Å². The number of hydrogen-bond acceptors (Lipinski definition) is 2. The molecule has 17 heavy (non-hydrogen) atoms. The molecule has 1 fully saturated rings. The van der Waals surface area contributed by atoms with E-state index in [1.165, 1.54) is 12.8 Å². The number of amides is 1. The molecule has 3 atom stereocenters. The van der Waals surface area contributed by atoms with Crippen molar-refractivity contribution in [2.45, 2.75) is 53.0 Å². The largest absolute Gasteiger partial charge is 0.372 e. The molecule has 0 aromatic rings. The van der Waals surface area contributed by atoms with Crippen molar-refractivity contribution in [1.29, 1.82) is 0 Å². The van der Waals surface area contributed by atoms with Gasteiger partial charge in [0, 0.05) is 12.6 Å². The summed E-state index contributed by atoms with van der Waals surface area (Å²) in [5.74, 6) is 2.02. The van der Waals surface area contributed by atoms with Crippen molar-refractivity contribution in [2.75, 3.05) is 13.2 Å². The minimum absolute atomic E-state index is 0.0385. The summed E-state index contributed by atoms with van der Waals surface area (Å²) in [6.45, 7) is 9.49. The Kier molecular flexibility index (Phi) is 5.96. The molecule has 1 rings (SSSR count). The summed E-state index contributed by atoms with van der Waals surface area (Å²) in [5, 5.41) is 3.15. The van der Waals surface area contributed by atoms with Crippen LogP contribution in [0.4, 0.5) is 0 Å². The second-order valence-electron chi connectivity index (χ2n) is 5.64. The second-order valence-corrected chi connectivity index (χ2v) is 5.64. The molecule has 3 nitrogen and oxygen atoms in total. The first kappa shape index (κ1) is 14.5. The monoisotopic (exact) mass is 241 g/mol. The number of rotatable bonds is 5. The molecule has 1 saturated carbocycles. The van der Waals surface area contributed by atoms with Gasteiger partial charge in [-0.1, -0.05) is 27.2 Å². The van der Waals surface area contributed by atoms with Gasteiger partial charge in [-0.15, -0.1) is 0 Å². The van der Waals surface area contributed by atoms with Crippen LogP contribution in [0, 0.1) is 17.8 Å². The summed E-state index contributed by atoms with van der Waals surface area (Å²) in [5.41, 5.74) is 0. The normalized spacial score (nSPS) is 29.4. The summed E-state index contributed by atoms with van der Waals surface area (Å²) >= 11 is 0. The zero-order valence-corrected chi connectivity index (χ0v) is 11.7. The van der Waals surface area contributed by atoms with E-state index in [2.05, 4.69) is 26.1 Å². The SMILES string of the molecule is CCOCC(=O)NC1CC(C)CCC1C(C)C. The van der Waals surface area contributed by atoms with Crippen LogP contribution in [0.2, 0.25) is 0 Å². The Labute approximate surface area is 105 Å². The molecule has 1 aliphatic carbocycles. The molecule has 0 spiro atoms. The van der Waals surface area contributed by atoms with E-state index >= 15 is 0 Å². The fourth-order valence-corrected chi connectivity index (χ4v) is 2.81. The zero-order valence-electron chi connectivity index (χ0n) is 11.7. The molecule has 1 amide bonds. The lowest BCUT2D eigenvalue weighted by Gasteiger charge is -2.37. The van der Waals surface area contributed by atoms with E-state index < -0.39 is 0 Å². The second kappa shape index (κ2) is 7.00. The highest BCUT2D eigenvalue weighted by Gasteiger charge is 2.31. The number of nitrogens with one attached hydrogen (secondary N) is 1. The lowest BCUT2D eigenvalue weighted by atomic mass is 9.74. The third-order valence-electron chi connectivity index (χ3n) is 3.81. The molecule has 0 radical (unpaired) electrons. The van der Waals surface area contributed by atoms with Crippen molar-refractivity contribution in [2.24, 2.45) is 17.8 Å². The van der Waals surface area contributed by atoms with Gasteiger partial charge in [0.1, 0.15) is 6.61 Å². The van der Waals surface area contributed by atoms with Gasteiger partial charge in [-0.25, -0.2) is 0 Å². The van der Waals surface area contributed by atoms with Crippen LogP contribution in [0.3, 0.4) is 0 Å². The van der Waals surface area contributed by atoms with Crippen LogP contribution in [0.1, 0.15) is 47.0 Å². The minimum atomic E-state index is 0.0385. The van der Waals surface area contributed by atoms with E-state index in [1.54, 1.807) is 0 Å². The fraction of sp³-hybridized carbons (Fsp3) is 0.929. The standard InChI is InChI=1S/C14H27NO2/c1-5-17-9-14(16)15-13-8-11(4)6-7-12(13)10(2)3/h10-13H,5-9H2,1-4H3,(H,15,16). The molecule has 0 saturated heterocycles. The first-order chi connectivity index (χ1) is 8.04. The molecule has 100 valence electrons. The molecule has 1 N–H and O–H groups in total. The topological polar surface area (TPSA) is 38.3 Å². The van der Waals surface area contributed by atoms with Crippen molar-refractivity contribution in [3.8, 4) is 0 Å². The molecule has 3 heteroatoms. The van der Waals surface area contributed by atoms with Crippen LogP contribution in [0.15, 0.2) is 0 Å². The first-order valence-corrected chi connectivity index (χ1v) is 6.91. The van der Waals surface area contributed by atoms with Gasteiger partial charge < -0.3 is 10.1 Å². The maximum Gasteiger partial charge on any atom is 0.246 e. The van der Waals surface area contributed by atoms with E-state index in [1.807, 2.05) is 6.92 Å². The van der Waals surface area contributed by atoms with E-state index in [0.717, 1.165) is 12.3 Å². The van der Waals surface area contributed by atoms with Gasteiger partial charge in [0.25, 0.3) is 0 Å². The first-order valence-electron chi connectivity index (χ1n) is 6.91. The van der Waals surface area contributed by atoms with E-state index in [0.29, 0.717) is 24.5 Å². The number of carbonyl (C=O) groups excluding carboxylic acids is 1. The average molecular weight is 241 g/mol. The Bertz CT molecular complexity index is 240. The van der Waals surface area contributed by atoms with E-state index in [9.17, 15) is 4.79 Å². The van der Waals surface area contributed by atoms with Crippen molar-refractivity contribution in [1.82, 2.24) is 5.32 Å². The molecule has 1 aliphatic rings. The zero-order chi connectivity index (χ0) is 12.8. The fourth-order valence-electron chi connectivity index (χ4n) is 2.81. The minimum Gasteiger partial charge on any atom is -0.372 e. The maximum atomic E-state index is 11.7. The highest BCUT2D eigenvalue weighted by Crippen LogP contribution is 2.33. The highest BCUT2D eigenvalue weighted by atomic mass is 16.5. The molecule has 0 aromatic carbocycles. The molecule has 3 unspecified atom stereocenters. The molecule has 0 aliphatic heterocycles. The van der Waals surface area contributed by atoms with E-state index in [-0.39, 0.29) is 12.5 Å². The number of carbonyl (C=O) groups is 1. The van der Waals surface area contributed by atoms with Gasteiger partial charge in [0.2, 0.25) is 5.91 Å². The Morgan fingerprint density at radius 3 is 2.71 bits per heavy atom. The summed E-state index contributed by atoms with van der Waals surface area (Å²) in [6, 6.07) is 0.340. The predicted octanol–water partition coefficient (Wildman–Crippen LogP) is 2.60. The molecule has 0 aromatic heterocycles. The third-order valence-corrected chi connectivity index (χ3v) is 3.81. The van der Waals surface area contributed by atoms with Crippen molar-refractivity contribution >= 4 is 5.91 Å². The van der Waals surface area contributed by atoms with Crippen LogP contribution in [0.25, 0.3) is 0 Å². The van der Waals surface area contributed by atoms with Gasteiger partial charge in [0.05, 0.1) is 0 Å². The van der Waals surface area contributed by atoms with Crippen LogP contribution in [-0.4, -0.2) is 25.2 Å². The van der Waals surface area contributed by atoms with Crippen LogP contribution in [0.5, 0.6) is 0 Å². The van der Waals surface area contributed by atoms with Gasteiger partial charge in [0.15, 0.2) is 0 Å². The summed E-state index contributed by atoms with van der Waals surface area (Å²) in [6.07, 6.45) is 3.64. The Hall–Kier alpha value is -0.570. The Morgan fingerprint density at radius 1 is 1.41 bits per heavy atom.